The molecule has 0 aliphatic heterocycles. The van der Waals surface area contributed by atoms with Gasteiger partial charge in [0.15, 0.2) is 5.69 Å². The minimum absolute atomic E-state index is 0.0192. The summed E-state index contributed by atoms with van der Waals surface area (Å²) < 4.78 is 10.2. The average Bonchev–Trinajstić information content (AvgIpc) is 3.08. The van der Waals surface area contributed by atoms with Crippen LogP contribution in [0.3, 0.4) is 0 Å². The number of hydrogen-bond donors (Lipinski definition) is 2. The molecule has 2 aromatic heterocycles. The lowest BCUT2D eigenvalue weighted by molar-refractivity contribution is -0.117. The molecule has 21 heavy (non-hydrogen) atoms. The summed E-state index contributed by atoms with van der Waals surface area (Å²) in [5, 5.41) is 12.5. The fraction of sp³-hybridized carbons (Fsp3) is 0.417. The number of hydrogen-bond acceptors (Lipinski definition) is 7. The molecular formula is C12H13N5O4. The molecule has 1 aliphatic rings. The van der Waals surface area contributed by atoms with E-state index in [1.807, 2.05) is 0 Å². The Hall–Kier alpha value is -2.71. The molecule has 0 radical (unpaired) electrons. The number of carbonyl (C=O) groups is 2. The van der Waals surface area contributed by atoms with E-state index in [0.717, 1.165) is 12.8 Å². The van der Waals surface area contributed by atoms with E-state index in [4.69, 9.17) is 8.83 Å². The van der Waals surface area contributed by atoms with Crippen LogP contribution in [0.4, 0.5) is 6.01 Å². The molecule has 2 heterocycles. The van der Waals surface area contributed by atoms with Crippen LogP contribution in [0.25, 0.3) is 0 Å². The maximum Gasteiger partial charge on any atom is 0.302 e. The summed E-state index contributed by atoms with van der Waals surface area (Å²) in [6.45, 7) is 1.75. The Morgan fingerprint density at radius 3 is 2.86 bits per heavy atom. The van der Waals surface area contributed by atoms with E-state index >= 15 is 0 Å². The summed E-state index contributed by atoms with van der Waals surface area (Å²) in [6.07, 6.45) is 2.93. The van der Waals surface area contributed by atoms with Crippen LogP contribution in [0.2, 0.25) is 0 Å². The van der Waals surface area contributed by atoms with Crippen molar-refractivity contribution in [1.82, 2.24) is 20.5 Å². The quantitative estimate of drug-likeness (QED) is 0.828. The molecule has 2 N–H and O–H groups in total. The van der Waals surface area contributed by atoms with Gasteiger partial charge in [0.25, 0.3) is 5.91 Å². The Labute approximate surface area is 119 Å². The largest absolute Gasteiger partial charge is 0.431 e. The second-order valence-corrected chi connectivity index (χ2v) is 4.70. The third-order valence-corrected chi connectivity index (χ3v) is 2.88. The summed E-state index contributed by atoms with van der Waals surface area (Å²) in [4.78, 5) is 27.3. The first-order valence-corrected chi connectivity index (χ1v) is 6.45. The molecular weight excluding hydrogens is 278 g/mol. The van der Waals surface area contributed by atoms with Crippen molar-refractivity contribution in [2.24, 2.45) is 5.92 Å². The summed E-state index contributed by atoms with van der Waals surface area (Å²) in [5.74, 6) is 0.166. The molecule has 1 aliphatic carbocycles. The van der Waals surface area contributed by atoms with E-state index < -0.39 is 5.91 Å². The van der Waals surface area contributed by atoms with Crippen LogP contribution in [0.1, 0.15) is 35.1 Å². The van der Waals surface area contributed by atoms with Gasteiger partial charge in [0.05, 0.1) is 6.54 Å². The Bertz CT molecular complexity index is 673. The third kappa shape index (κ3) is 3.25. The van der Waals surface area contributed by atoms with Crippen molar-refractivity contribution >= 4 is 17.8 Å². The van der Waals surface area contributed by atoms with E-state index in [0.29, 0.717) is 11.8 Å². The fourth-order valence-corrected chi connectivity index (χ4v) is 1.64. The van der Waals surface area contributed by atoms with E-state index in [2.05, 4.69) is 25.8 Å². The van der Waals surface area contributed by atoms with Gasteiger partial charge in [0.2, 0.25) is 17.7 Å². The minimum Gasteiger partial charge on any atom is -0.431 e. The Balaban J connectivity index is 1.54. The lowest BCUT2D eigenvalue weighted by Gasteiger charge is -1.98. The van der Waals surface area contributed by atoms with Gasteiger partial charge >= 0.3 is 6.01 Å². The van der Waals surface area contributed by atoms with Crippen molar-refractivity contribution in [3.8, 4) is 0 Å². The second kappa shape index (κ2) is 5.35. The molecule has 9 heteroatoms. The molecule has 0 unspecified atom stereocenters. The topological polar surface area (TPSA) is 123 Å². The smallest absolute Gasteiger partial charge is 0.302 e. The number of nitrogens with zero attached hydrogens (tertiary/aromatic N) is 3. The van der Waals surface area contributed by atoms with Crippen molar-refractivity contribution in [2.45, 2.75) is 26.3 Å². The first kappa shape index (κ1) is 13.3. The predicted octanol–water partition coefficient (Wildman–Crippen LogP) is 0.645. The maximum absolute atomic E-state index is 11.8. The first-order valence-electron chi connectivity index (χ1n) is 6.45. The van der Waals surface area contributed by atoms with Gasteiger partial charge in [-0.3, -0.25) is 14.9 Å². The SMILES string of the molecule is Cc1nnc(CNC(=O)c2coc(NC(=O)C3CC3)n2)o1. The van der Waals surface area contributed by atoms with Crippen molar-refractivity contribution in [1.29, 1.82) is 0 Å². The van der Waals surface area contributed by atoms with Gasteiger partial charge in [-0.2, -0.15) is 4.98 Å². The van der Waals surface area contributed by atoms with Crippen LogP contribution in [0, 0.1) is 12.8 Å². The van der Waals surface area contributed by atoms with Crippen molar-refractivity contribution in [2.75, 3.05) is 5.32 Å². The highest BCUT2D eigenvalue weighted by Gasteiger charge is 2.30. The van der Waals surface area contributed by atoms with Crippen LogP contribution < -0.4 is 10.6 Å². The number of carbonyl (C=O) groups excluding carboxylic acids is 2. The number of oxazole rings is 1. The van der Waals surface area contributed by atoms with Gasteiger partial charge in [0, 0.05) is 12.8 Å². The molecule has 0 saturated heterocycles. The highest BCUT2D eigenvalue weighted by molar-refractivity contribution is 5.94. The highest BCUT2D eigenvalue weighted by Crippen LogP contribution is 2.30. The first-order chi connectivity index (χ1) is 10.1. The molecule has 110 valence electrons. The number of nitrogens with one attached hydrogen (secondary N) is 2. The van der Waals surface area contributed by atoms with Gasteiger partial charge in [-0.05, 0) is 12.8 Å². The Kier molecular flexibility index (Phi) is 3.38. The standard InChI is InChI=1S/C12H13N5O4/c1-6-16-17-9(21-6)4-13-11(19)8-5-20-12(14-8)15-10(18)7-2-3-7/h5,7H,2-4H2,1H3,(H,13,19)(H,14,15,18). The van der Waals surface area contributed by atoms with E-state index in [1.54, 1.807) is 6.92 Å². The molecule has 2 aromatic rings. The van der Waals surface area contributed by atoms with Gasteiger partial charge < -0.3 is 14.2 Å². The van der Waals surface area contributed by atoms with Gasteiger partial charge in [-0.15, -0.1) is 10.2 Å². The maximum atomic E-state index is 11.8. The fourth-order valence-electron chi connectivity index (χ4n) is 1.64. The predicted molar refractivity (Wildman–Crippen MR) is 68.1 cm³/mol. The summed E-state index contributed by atoms with van der Waals surface area (Å²) in [6, 6.07) is 0.0192. The van der Waals surface area contributed by atoms with Crippen LogP contribution in [-0.2, 0) is 11.3 Å². The number of amides is 2. The van der Waals surface area contributed by atoms with Gasteiger partial charge in [-0.1, -0.05) is 0 Å². The molecule has 0 atom stereocenters. The molecule has 0 spiro atoms. The van der Waals surface area contributed by atoms with Gasteiger partial charge in [-0.25, -0.2) is 0 Å². The number of aryl methyl sites for hydroxylation is 1. The molecule has 1 fully saturated rings. The summed E-state index contributed by atoms with van der Waals surface area (Å²) in [7, 11) is 0. The molecule has 0 aromatic carbocycles. The lowest BCUT2D eigenvalue weighted by Crippen LogP contribution is -2.23. The van der Waals surface area contributed by atoms with Crippen LogP contribution in [0.5, 0.6) is 0 Å². The summed E-state index contributed by atoms with van der Waals surface area (Å²) >= 11 is 0. The Morgan fingerprint density at radius 1 is 1.38 bits per heavy atom. The average molecular weight is 291 g/mol. The number of rotatable bonds is 5. The minimum atomic E-state index is -0.457. The van der Waals surface area contributed by atoms with Crippen LogP contribution in [-0.4, -0.2) is 27.0 Å². The van der Waals surface area contributed by atoms with Crippen LogP contribution >= 0.6 is 0 Å². The monoisotopic (exact) mass is 291 g/mol. The zero-order chi connectivity index (χ0) is 14.8. The van der Waals surface area contributed by atoms with Crippen molar-refractivity contribution in [3.05, 3.63) is 23.7 Å². The van der Waals surface area contributed by atoms with Gasteiger partial charge in [0.1, 0.15) is 6.26 Å². The van der Waals surface area contributed by atoms with E-state index in [1.165, 1.54) is 6.26 Å². The van der Waals surface area contributed by atoms with Crippen molar-refractivity contribution in [3.63, 3.8) is 0 Å². The Morgan fingerprint density at radius 2 is 2.19 bits per heavy atom. The second-order valence-electron chi connectivity index (χ2n) is 4.70. The van der Waals surface area contributed by atoms with E-state index in [-0.39, 0.29) is 30.1 Å². The molecule has 3 rings (SSSR count). The zero-order valence-electron chi connectivity index (χ0n) is 11.3. The van der Waals surface area contributed by atoms with Crippen molar-refractivity contribution < 1.29 is 18.4 Å². The molecule has 9 nitrogen and oxygen atoms in total. The third-order valence-electron chi connectivity index (χ3n) is 2.88. The molecule has 2 amide bonds. The highest BCUT2D eigenvalue weighted by atomic mass is 16.4. The normalized spacial score (nSPS) is 14.0. The lowest BCUT2D eigenvalue weighted by atomic mass is 10.4. The van der Waals surface area contributed by atoms with E-state index in [9.17, 15) is 9.59 Å². The van der Waals surface area contributed by atoms with Crippen LogP contribution in [0.15, 0.2) is 15.1 Å². The molecule has 0 bridgehead atoms. The number of anilines is 1. The number of aromatic nitrogens is 3. The summed E-state index contributed by atoms with van der Waals surface area (Å²) in [5.41, 5.74) is 0.0670. The molecule has 1 saturated carbocycles. The zero-order valence-corrected chi connectivity index (χ0v) is 11.3.